The number of methoxy groups -OCH3 is 1. The zero-order valence-corrected chi connectivity index (χ0v) is 24.1. The smallest absolute Gasteiger partial charge is 0.337 e. The van der Waals surface area contributed by atoms with Gasteiger partial charge in [0.2, 0.25) is 6.79 Å². The molecule has 0 amide bonds. The highest BCUT2D eigenvalue weighted by molar-refractivity contribution is 6.76. The number of nitrogens with zero attached hydrogens (tertiary/aromatic N) is 2. The molecule has 0 bridgehead atoms. The number of rotatable bonds is 11. The third-order valence-electron chi connectivity index (χ3n) is 6.05. The molecule has 3 aromatic carbocycles. The van der Waals surface area contributed by atoms with Gasteiger partial charge >= 0.3 is 12.0 Å². The SMILES string of the molecule is COc1ccc(-c2cc3nc(Oc4ccc(C)c(C(=O)O)c4)n(OCOCC[Si](C)(C)C)c3cc2Cl)c(F)c1. The molecule has 0 radical (unpaired) electrons. The maximum absolute atomic E-state index is 14.9. The lowest BCUT2D eigenvalue weighted by atomic mass is 10.0. The van der Waals surface area contributed by atoms with Crippen molar-refractivity contribution >= 4 is 36.7 Å². The lowest BCUT2D eigenvalue weighted by Crippen LogP contribution is -2.23. The summed E-state index contributed by atoms with van der Waals surface area (Å²) in [6, 6.07) is 13.4. The van der Waals surface area contributed by atoms with Gasteiger partial charge in [-0.2, -0.15) is 4.98 Å². The van der Waals surface area contributed by atoms with Crippen LogP contribution in [0.3, 0.4) is 0 Å². The molecule has 0 fully saturated rings. The standard InChI is InChI=1S/C28H30ClFN2O6Si/c1-17-6-7-19(12-21(17)27(33)34)38-28-31-25-14-22(20-9-8-18(35-2)13-24(20)30)23(29)15-26(25)32(28)37-16-36-10-11-39(3,4)5/h6-9,12-15H,10-11,16H2,1-5H3,(H,33,34). The zero-order valence-electron chi connectivity index (χ0n) is 22.4. The second-order valence-corrected chi connectivity index (χ2v) is 16.2. The Bertz CT molecular complexity index is 1520. The second-order valence-electron chi connectivity index (χ2n) is 10.2. The fourth-order valence-corrected chi connectivity index (χ4v) is 4.84. The number of ether oxygens (including phenoxy) is 3. The van der Waals surface area contributed by atoms with Crippen molar-refractivity contribution in [3.05, 3.63) is 70.5 Å². The van der Waals surface area contributed by atoms with Crippen LogP contribution >= 0.6 is 11.6 Å². The Labute approximate surface area is 231 Å². The van der Waals surface area contributed by atoms with Crippen molar-refractivity contribution in [1.82, 2.24) is 9.71 Å². The molecule has 0 atom stereocenters. The number of aromatic nitrogens is 2. The van der Waals surface area contributed by atoms with E-state index in [-0.39, 0.29) is 34.7 Å². The van der Waals surface area contributed by atoms with Gasteiger partial charge < -0.3 is 24.2 Å². The third-order valence-corrected chi connectivity index (χ3v) is 8.07. The first-order chi connectivity index (χ1) is 18.5. The molecule has 8 nitrogen and oxygen atoms in total. The average Bonchev–Trinajstić information content (AvgIpc) is 3.19. The largest absolute Gasteiger partial charge is 0.497 e. The Kier molecular flexibility index (Phi) is 8.48. The molecule has 0 unspecified atom stereocenters. The first-order valence-electron chi connectivity index (χ1n) is 12.3. The number of hydrogen-bond acceptors (Lipinski definition) is 6. The molecule has 0 saturated carbocycles. The van der Waals surface area contributed by atoms with Crippen molar-refractivity contribution in [2.24, 2.45) is 0 Å². The molecule has 4 rings (SSSR count). The first-order valence-corrected chi connectivity index (χ1v) is 16.3. The van der Waals surface area contributed by atoms with Crippen LogP contribution in [0.5, 0.6) is 17.5 Å². The Morgan fingerprint density at radius 1 is 1.08 bits per heavy atom. The number of benzene rings is 3. The summed E-state index contributed by atoms with van der Waals surface area (Å²) in [4.78, 5) is 22.1. The van der Waals surface area contributed by atoms with Gasteiger partial charge in [-0.25, -0.2) is 9.18 Å². The number of fused-ring (bicyclic) bond motifs is 1. The minimum absolute atomic E-state index is 0.0300. The van der Waals surface area contributed by atoms with Gasteiger partial charge in [0.05, 0.1) is 23.2 Å². The summed E-state index contributed by atoms with van der Waals surface area (Å²) in [5, 5.41) is 9.78. The Morgan fingerprint density at radius 3 is 2.49 bits per heavy atom. The number of aryl methyl sites for hydroxylation is 1. The third kappa shape index (κ3) is 6.70. The van der Waals surface area contributed by atoms with E-state index in [9.17, 15) is 14.3 Å². The minimum atomic E-state index is -1.28. The van der Waals surface area contributed by atoms with Gasteiger partial charge in [0.15, 0.2) is 0 Å². The lowest BCUT2D eigenvalue weighted by Gasteiger charge is -2.16. The summed E-state index contributed by atoms with van der Waals surface area (Å²) in [5.74, 6) is -0.934. The van der Waals surface area contributed by atoms with E-state index in [2.05, 4.69) is 24.6 Å². The van der Waals surface area contributed by atoms with Crippen LogP contribution in [-0.2, 0) is 4.74 Å². The molecule has 0 saturated heterocycles. The average molecular weight is 573 g/mol. The Morgan fingerprint density at radius 2 is 1.82 bits per heavy atom. The van der Waals surface area contributed by atoms with E-state index in [1.54, 1.807) is 43.3 Å². The van der Waals surface area contributed by atoms with E-state index >= 15 is 0 Å². The molecule has 206 valence electrons. The topological polar surface area (TPSA) is 92.0 Å². The van der Waals surface area contributed by atoms with Crippen LogP contribution in [0.4, 0.5) is 4.39 Å². The van der Waals surface area contributed by atoms with E-state index in [0.717, 1.165) is 6.04 Å². The van der Waals surface area contributed by atoms with Crippen LogP contribution in [0, 0.1) is 12.7 Å². The predicted molar refractivity (Wildman–Crippen MR) is 150 cm³/mol. The number of imidazole rings is 1. The second kappa shape index (κ2) is 11.6. The Balaban J connectivity index is 1.72. The van der Waals surface area contributed by atoms with E-state index in [4.69, 9.17) is 30.6 Å². The van der Waals surface area contributed by atoms with E-state index < -0.39 is 19.9 Å². The summed E-state index contributed by atoms with van der Waals surface area (Å²) >= 11 is 6.60. The summed E-state index contributed by atoms with van der Waals surface area (Å²) in [6.45, 7) is 8.93. The number of halogens is 2. The fourth-order valence-electron chi connectivity index (χ4n) is 3.82. The molecule has 0 aliphatic carbocycles. The summed E-state index contributed by atoms with van der Waals surface area (Å²) in [5.41, 5.74) is 2.29. The quantitative estimate of drug-likeness (QED) is 0.117. The van der Waals surface area contributed by atoms with Crippen molar-refractivity contribution in [3.63, 3.8) is 0 Å². The molecule has 0 aliphatic heterocycles. The van der Waals surface area contributed by atoms with Crippen LogP contribution in [0.15, 0.2) is 48.5 Å². The van der Waals surface area contributed by atoms with Crippen LogP contribution in [-0.4, -0.2) is 49.4 Å². The molecule has 39 heavy (non-hydrogen) atoms. The molecule has 1 heterocycles. The minimum Gasteiger partial charge on any atom is -0.497 e. The van der Waals surface area contributed by atoms with Gasteiger partial charge in [0.25, 0.3) is 0 Å². The Hall–Kier alpha value is -3.60. The zero-order chi connectivity index (χ0) is 28.3. The van der Waals surface area contributed by atoms with Crippen LogP contribution in [0.25, 0.3) is 22.2 Å². The predicted octanol–water partition coefficient (Wildman–Crippen LogP) is 7.04. The molecule has 4 aromatic rings. The van der Waals surface area contributed by atoms with E-state index in [1.807, 2.05) is 0 Å². The van der Waals surface area contributed by atoms with Crippen LogP contribution < -0.4 is 14.3 Å². The van der Waals surface area contributed by atoms with Gasteiger partial charge in [0, 0.05) is 31.9 Å². The van der Waals surface area contributed by atoms with Crippen molar-refractivity contribution in [2.45, 2.75) is 32.6 Å². The van der Waals surface area contributed by atoms with Gasteiger partial charge in [0.1, 0.15) is 22.8 Å². The number of hydrogen-bond donors (Lipinski definition) is 1. The summed E-state index contributed by atoms with van der Waals surface area (Å²) < 4.78 is 33.0. The van der Waals surface area contributed by atoms with Gasteiger partial charge in [-0.05, 0) is 54.9 Å². The molecule has 1 aromatic heterocycles. The summed E-state index contributed by atoms with van der Waals surface area (Å²) in [6.07, 6.45) is 0. The highest BCUT2D eigenvalue weighted by atomic mass is 35.5. The van der Waals surface area contributed by atoms with Crippen LogP contribution in [0.1, 0.15) is 15.9 Å². The van der Waals surface area contributed by atoms with Crippen molar-refractivity contribution in [2.75, 3.05) is 20.5 Å². The molecule has 1 N–H and O–H groups in total. The van der Waals surface area contributed by atoms with Crippen molar-refractivity contribution in [1.29, 1.82) is 0 Å². The summed E-state index contributed by atoms with van der Waals surface area (Å²) in [7, 11) is 0.179. The van der Waals surface area contributed by atoms with E-state index in [0.29, 0.717) is 34.5 Å². The van der Waals surface area contributed by atoms with Gasteiger partial charge in [-0.1, -0.05) is 37.3 Å². The number of carbonyl (C=O) groups is 1. The van der Waals surface area contributed by atoms with Gasteiger partial charge in [-0.3, -0.25) is 0 Å². The van der Waals surface area contributed by atoms with Crippen molar-refractivity contribution < 1.29 is 33.3 Å². The van der Waals surface area contributed by atoms with E-state index in [1.165, 1.54) is 24.0 Å². The first kappa shape index (κ1) is 28.4. The molecular formula is C28H30ClFN2O6Si. The van der Waals surface area contributed by atoms with Crippen molar-refractivity contribution in [3.8, 4) is 28.6 Å². The van der Waals surface area contributed by atoms with Gasteiger partial charge in [-0.15, -0.1) is 4.73 Å². The monoisotopic (exact) mass is 572 g/mol. The maximum atomic E-state index is 14.9. The molecule has 0 spiro atoms. The van der Waals surface area contributed by atoms with Crippen LogP contribution in [0.2, 0.25) is 30.7 Å². The number of carboxylic acids is 1. The highest BCUT2D eigenvalue weighted by Gasteiger charge is 2.20. The molecule has 11 heteroatoms. The highest BCUT2D eigenvalue weighted by Crippen LogP contribution is 2.36. The fraction of sp³-hybridized carbons (Fsp3) is 0.286. The normalized spacial score (nSPS) is 11.6. The molecular weight excluding hydrogens is 543 g/mol. The molecule has 0 aliphatic rings. The number of carboxylic acid groups (broad SMARTS) is 1. The lowest BCUT2D eigenvalue weighted by molar-refractivity contribution is -0.0565. The maximum Gasteiger partial charge on any atom is 0.337 e. The number of aromatic carboxylic acids is 1.